The predicted molar refractivity (Wildman–Crippen MR) is 122 cm³/mol. The number of nitrogens with zero attached hydrogens (tertiary/aromatic N) is 3. The molecule has 0 spiro atoms. The first-order chi connectivity index (χ1) is 14.1. The number of anilines is 1. The highest BCUT2D eigenvalue weighted by Crippen LogP contribution is 2.39. The molecule has 0 saturated carbocycles. The van der Waals surface area contributed by atoms with Crippen LogP contribution in [0.4, 0.5) is 5.82 Å². The molecule has 1 aliphatic rings. The molecule has 154 valence electrons. The van der Waals surface area contributed by atoms with Gasteiger partial charge in [-0.3, -0.25) is 9.69 Å². The van der Waals surface area contributed by atoms with Crippen molar-refractivity contribution >= 4 is 44.6 Å². The third kappa shape index (κ3) is 4.76. The molecule has 0 aliphatic carbocycles. The lowest BCUT2D eigenvalue weighted by atomic mass is 10.0. The van der Waals surface area contributed by atoms with E-state index in [1.54, 1.807) is 22.7 Å². The quantitative estimate of drug-likeness (QED) is 0.591. The average molecular weight is 430 g/mol. The monoisotopic (exact) mass is 429 g/mol. The van der Waals surface area contributed by atoms with Crippen LogP contribution in [0.3, 0.4) is 0 Å². The summed E-state index contributed by atoms with van der Waals surface area (Å²) in [5.41, 5.74) is 1.22. The first-order valence-corrected chi connectivity index (χ1v) is 11.9. The van der Waals surface area contributed by atoms with Crippen molar-refractivity contribution in [2.45, 2.75) is 39.2 Å². The van der Waals surface area contributed by atoms with E-state index in [0.717, 1.165) is 60.8 Å². The van der Waals surface area contributed by atoms with Gasteiger partial charge in [0.2, 0.25) is 5.91 Å². The highest BCUT2D eigenvalue weighted by Gasteiger charge is 2.23. The molecule has 1 aliphatic heterocycles. The molecule has 1 fully saturated rings. The van der Waals surface area contributed by atoms with Gasteiger partial charge in [0.05, 0.1) is 11.9 Å². The summed E-state index contributed by atoms with van der Waals surface area (Å²) in [7, 11) is 0. The van der Waals surface area contributed by atoms with Gasteiger partial charge in [-0.05, 0) is 37.6 Å². The molecule has 4 heterocycles. The van der Waals surface area contributed by atoms with Gasteiger partial charge in [-0.2, -0.15) is 0 Å². The molecule has 6 nitrogen and oxygen atoms in total. The molecule has 1 amide bonds. The summed E-state index contributed by atoms with van der Waals surface area (Å²) in [6.45, 7) is 7.12. The third-order valence-electron chi connectivity index (χ3n) is 5.20. The number of amides is 1. The number of hydrogen-bond acceptors (Lipinski definition) is 7. The third-order valence-corrected chi connectivity index (χ3v) is 6.98. The Bertz CT molecular complexity index is 961. The maximum Gasteiger partial charge on any atom is 0.234 e. The van der Waals surface area contributed by atoms with Crippen LogP contribution >= 0.6 is 22.7 Å². The minimum Gasteiger partial charge on any atom is -0.367 e. The zero-order chi connectivity index (χ0) is 20.2. The van der Waals surface area contributed by atoms with Crippen molar-refractivity contribution in [3.63, 3.8) is 0 Å². The summed E-state index contributed by atoms with van der Waals surface area (Å²) in [6.07, 6.45) is 2.98. The Kier molecular flexibility index (Phi) is 6.42. The van der Waals surface area contributed by atoms with Crippen molar-refractivity contribution in [3.8, 4) is 10.4 Å². The highest BCUT2D eigenvalue weighted by molar-refractivity contribution is 7.18. The van der Waals surface area contributed by atoms with Crippen LogP contribution in [0.25, 0.3) is 20.7 Å². The molecule has 29 heavy (non-hydrogen) atoms. The summed E-state index contributed by atoms with van der Waals surface area (Å²) in [5, 5.41) is 12.1. The maximum absolute atomic E-state index is 12.0. The topological polar surface area (TPSA) is 70.2 Å². The molecule has 1 saturated heterocycles. The van der Waals surface area contributed by atoms with Gasteiger partial charge in [-0.25, -0.2) is 9.97 Å². The van der Waals surface area contributed by atoms with E-state index in [1.807, 2.05) is 6.92 Å². The fourth-order valence-corrected chi connectivity index (χ4v) is 5.53. The van der Waals surface area contributed by atoms with Gasteiger partial charge in [0.25, 0.3) is 0 Å². The molecule has 3 aromatic heterocycles. The summed E-state index contributed by atoms with van der Waals surface area (Å²) in [4.78, 5) is 25.9. The van der Waals surface area contributed by atoms with Gasteiger partial charge >= 0.3 is 0 Å². The average Bonchev–Trinajstić information content (AvgIpc) is 3.37. The predicted octanol–water partition coefficient (Wildman–Crippen LogP) is 4.13. The Labute approximate surface area is 179 Å². The van der Waals surface area contributed by atoms with Crippen molar-refractivity contribution in [3.05, 3.63) is 28.7 Å². The van der Waals surface area contributed by atoms with Crippen LogP contribution in [-0.4, -0.2) is 53.0 Å². The van der Waals surface area contributed by atoms with Gasteiger partial charge in [-0.15, -0.1) is 22.7 Å². The van der Waals surface area contributed by atoms with Crippen LogP contribution in [0.2, 0.25) is 0 Å². The van der Waals surface area contributed by atoms with Crippen LogP contribution in [0, 0.1) is 6.92 Å². The number of carbonyl (C=O) groups is 1. The SMILES string of the molecule is CCCNC(=O)CN1CCC(Nc2nc(C)nc3scc(-c4cccs4)c23)CC1. The Balaban J connectivity index is 1.45. The molecular weight excluding hydrogens is 402 g/mol. The smallest absolute Gasteiger partial charge is 0.234 e. The van der Waals surface area contributed by atoms with E-state index in [1.165, 1.54) is 10.4 Å². The van der Waals surface area contributed by atoms with E-state index >= 15 is 0 Å². The number of likely N-dealkylation sites (tertiary alicyclic amines) is 1. The zero-order valence-corrected chi connectivity index (χ0v) is 18.5. The number of piperidine rings is 1. The number of aromatic nitrogens is 2. The van der Waals surface area contributed by atoms with Gasteiger partial charge in [-0.1, -0.05) is 13.0 Å². The van der Waals surface area contributed by atoms with Crippen LogP contribution in [-0.2, 0) is 4.79 Å². The molecule has 2 N–H and O–H groups in total. The molecule has 0 unspecified atom stereocenters. The largest absolute Gasteiger partial charge is 0.367 e. The van der Waals surface area contributed by atoms with Crippen LogP contribution in [0.15, 0.2) is 22.9 Å². The normalized spacial score (nSPS) is 15.7. The first-order valence-electron chi connectivity index (χ1n) is 10.2. The number of fused-ring (bicyclic) bond motifs is 1. The lowest BCUT2D eigenvalue weighted by molar-refractivity contribution is -0.122. The second kappa shape index (κ2) is 9.19. The molecule has 8 heteroatoms. The summed E-state index contributed by atoms with van der Waals surface area (Å²) in [5.74, 6) is 1.87. The van der Waals surface area contributed by atoms with Crippen LogP contribution in [0.1, 0.15) is 32.0 Å². The van der Waals surface area contributed by atoms with Crippen molar-refractivity contribution in [2.24, 2.45) is 0 Å². The number of hydrogen-bond donors (Lipinski definition) is 2. The number of carbonyl (C=O) groups excluding carboxylic acids is 1. The fraction of sp³-hybridized carbons (Fsp3) is 0.476. The Morgan fingerprint density at radius 1 is 1.28 bits per heavy atom. The Morgan fingerprint density at radius 2 is 2.10 bits per heavy atom. The fourth-order valence-electron chi connectivity index (χ4n) is 3.72. The molecule has 0 bridgehead atoms. The highest BCUT2D eigenvalue weighted by atomic mass is 32.1. The summed E-state index contributed by atoms with van der Waals surface area (Å²) >= 11 is 3.42. The second-order valence-electron chi connectivity index (χ2n) is 7.47. The Hall–Kier alpha value is -2.03. The van der Waals surface area contributed by atoms with Gasteiger partial charge in [0.1, 0.15) is 16.5 Å². The van der Waals surface area contributed by atoms with E-state index in [4.69, 9.17) is 4.98 Å². The minimum atomic E-state index is 0.130. The minimum absolute atomic E-state index is 0.130. The van der Waals surface area contributed by atoms with Crippen LogP contribution < -0.4 is 10.6 Å². The van der Waals surface area contributed by atoms with E-state index in [9.17, 15) is 4.79 Å². The van der Waals surface area contributed by atoms with Gasteiger partial charge in [0.15, 0.2) is 0 Å². The van der Waals surface area contributed by atoms with Gasteiger partial charge < -0.3 is 10.6 Å². The molecular formula is C21H27N5OS2. The number of thiophene rings is 2. The molecule has 4 rings (SSSR count). The van der Waals surface area contributed by atoms with E-state index in [0.29, 0.717) is 12.6 Å². The lowest BCUT2D eigenvalue weighted by Crippen LogP contribution is -2.44. The first kappa shape index (κ1) is 20.3. The maximum atomic E-state index is 12.0. The van der Waals surface area contributed by atoms with E-state index in [-0.39, 0.29) is 5.91 Å². The zero-order valence-electron chi connectivity index (χ0n) is 16.9. The van der Waals surface area contributed by atoms with Crippen LogP contribution in [0.5, 0.6) is 0 Å². The number of aryl methyl sites for hydroxylation is 1. The second-order valence-corrected chi connectivity index (χ2v) is 9.28. The summed E-state index contributed by atoms with van der Waals surface area (Å²) in [6, 6.07) is 4.59. The lowest BCUT2D eigenvalue weighted by Gasteiger charge is -2.32. The standard InChI is InChI=1S/C21H27N5OS2/c1-3-8-22-18(27)12-26-9-6-15(7-10-26)25-20-19-16(17-5-4-11-28-17)13-29-21(19)24-14(2)23-20/h4-5,11,13,15H,3,6-10,12H2,1-2H3,(H,22,27)(H,23,24,25). The summed E-state index contributed by atoms with van der Waals surface area (Å²) < 4.78 is 0. The molecule has 3 aromatic rings. The van der Waals surface area contributed by atoms with E-state index < -0.39 is 0 Å². The Morgan fingerprint density at radius 3 is 2.83 bits per heavy atom. The van der Waals surface area contributed by atoms with Crippen molar-refractivity contribution < 1.29 is 4.79 Å². The number of nitrogens with one attached hydrogen (secondary N) is 2. The molecule has 0 radical (unpaired) electrons. The van der Waals surface area contributed by atoms with Crippen molar-refractivity contribution in [1.82, 2.24) is 20.2 Å². The van der Waals surface area contributed by atoms with Gasteiger partial charge in [0, 0.05) is 41.5 Å². The molecule has 0 atom stereocenters. The molecule has 0 aromatic carbocycles. The number of rotatable bonds is 7. The van der Waals surface area contributed by atoms with Crippen molar-refractivity contribution in [1.29, 1.82) is 0 Å². The van der Waals surface area contributed by atoms with E-state index in [2.05, 4.69) is 50.3 Å². The van der Waals surface area contributed by atoms with Crippen molar-refractivity contribution in [2.75, 3.05) is 31.5 Å².